The molecule has 1 saturated carbocycles. The zero-order valence-corrected chi connectivity index (χ0v) is 16.0. The second-order valence-electron chi connectivity index (χ2n) is 10.5. The van der Waals surface area contributed by atoms with Crippen molar-refractivity contribution in [3.8, 4) is 0 Å². The molecular weight excluding hydrogens is 240 g/mol. The number of hydrogen-bond acceptors (Lipinski definition) is 0. The normalized spacial score (nSPS) is 21.3. The summed E-state index contributed by atoms with van der Waals surface area (Å²) in [5.41, 5.74) is 1.39. The lowest BCUT2D eigenvalue weighted by Gasteiger charge is -2.59. The standard InChI is InChI=1S/C20H40/c1-17(2,3)16(15-13-11-12-14-15)19(7,8)20(9,10)18(4,5)6/h15-16H,11-14H2,1-10H3. The molecular formula is C20H40. The molecule has 0 aromatic carbocycles. The zero-order chi connectivity index (χ0) is 16.0. The maximum absolute atomic E-state index is 2.55. The van der Waals surface area contributed by atoms with Crippen molar-refractivity contribution in [3.05, 3.63) is 0 Å². The van der Waals surface area contributed by atoms with E-state index in [1.165, 1.54) is 25.7 Å². The van der Waals surface area contributed by atoms with Gasteiger partial charge in [0.2, 0.25) is 0 Å². The molecule has 1 rings (SSSR count). The summed E-state index contributed by atoms with van der Waals surface area (Å²) in [6, 6.07) is 0. The number of rotatable bonds is 3. The molecule has 1 aliphatic carbocycles. The van der Waals surface area contributed by atoms with E-state index in [1.54, 1.807) is 0 Å². The summed E-state index contributed by atoms with van der Waals surface area (Å²) in [4.78, 5) is 0. The van der Waals surface area contributed by atoms with Crippen molar-refractivity contribution >= 4 is 0 Å². The van der Waals surface area contributed by atoms with E-state index in [4.69, 9.17) is 0 Å². The Morgan fingerprint density at radius 1 is 0.700 bits per heavy atom. The van der Waals surface area contributed by atoms with E-state index in [0.717, 1.165) is 11.8 Å². The molecule has 0 saturated heterocycles. The van der Waals surface area contributed by atoms with Crippen LogP contribution in [0.3, 0.4) is 0 Å². The Kier molecular flexibility index (Phi) is 4.81. The van der Waals surface area contributed by atoms with Crippen LogP contribution in [-0.2, 0) is 0 Å². The zero-order valence-electron chi connectivity index (χ0n) is 16.0. The highest BCUT2D eigenvalue weighted by atomic mass is 14.6. The average Bonchev–Trinajstić information content (AvgIpc) is 2.65. The van der Waals surface area contributed by atoms with E-state index in [0.29, 0.717) is 21.7 Å². The molecule has 1 atom stereocenters. The lowest BCUT2D eigenvalue weighted by Crippen LogP contribution is -2.52. The monoisotopic (exact) mass is 280 g/mol. The van der Waals surface area contributed by atoms with E-state index in [9.17, 15) is 0 Å². The molecule has 0 amide bonds. The molecule has 1 fully saturated rings. The van der Waals surface area contributed by atoms with Crippen molar-refractivity contribution in [2.45, 2.75) is 94.9 Å². The van der Waals surface area contributed by atoms with Gasteiger partial charge in [-0.2, -0.15) is 0 Å². The first-order valence-electron chi connectivity index (χ1n) is 8.73. The van der Waals surface area contributed by atoms with Crippen molar-refractivity contribution in [3.63, 3.8) is 0 Å². The van der Waals surface area contributed by atoms with Gasteiger partial charge in [0.25, 0.3) is 0 Å². The van der Waals surface area contributed by atoms with Gasteiger partial charge in [0, 0.05) is 0 Å². The van der Waals surface area contributed by atoms with Gasteiger partial charge in [-0.3, -0.25) is 0 Å². The molecule has 0 aliphatic heterocycles. The second-order valence-corrected chi connectivity index (χ2v) is 10.5. The molecule has 0 aromatic heterocycles. The smallest absolute Gasteiger partial charge is 0.0251 e. The second kappa shape index (κ2) is 5.33. The Bertz CT molecular complexity index is 313. The van der Waals surface area contributed by atoms with Crippen molar-refractivity contribution in [2.24, 2.45) is 33.5 Å². The van der Waals surface area contributed by atoms with Gasteiger partial charge < -0.3 is 0 Å². The molecule has 120 valence electrons. The van der Waals surface area contributed by atoms with E-state index in [1.807, 2.05) is 0 Å². The third-order valence-corrected chi connectivity index (χ3v) is 7.07. The Morgan fingerprint density at radius 3 is 1.40 bits per heavy atom. The topological polar surface area (TPSA) is 0 Å². The van der Waals surface area contributed by atoms with Crippen LogP contribution >= 0.6 is 0 Å². The third-order valence-electron chi connectivity index (χ3n) is 7.07. The number of hydrogen-bond donors (Lipinski definition) is 0. The predicted molar refractivity (Wildman–Crippen MR) is 91.9 cm³/mol. The van der Waals surface area contributed by atoms with Crippen LogP contribution in [0.2, 0.25) is 0 Å². The largest absolute Gasteiger partial charge is 0.0599 e. The van der Waals surface area contributed by atoms with Crippen LogP contribution in [0, 0.1) is 33.5 Å². The van der Waals surface area contributed by atoms with Crippen LogP contribution in [0.25, 0.3) is 0 Å². The van der Waals surface area contributed by atoms with Crippen LogP contribution in [0.15, 0.2) is 0 Å². The fourth-order valence-electron chi connectivity index (χ4n) is 5.02. The molecule has 1 unspecified atom stereocenters. The highest BCUT2D eigenvalue weighted by Gasteiger charge is 2.54. The van der Waals surface area contributed by atoms with Crippen LogP contribution in [0.1, 0.15) is 94.9 Å². The Balaban J connectivity index is 3.24. The van der Waals surface area contributed by atoms with Gasteiger partial charge in [-0.05, 0) is 33.5 Å². The first kappa shape index (κ1) is 18.1. The van der Waals surface area contributed by atoms with Crippen LogP contribution in [0.4, 0.5) is 0 Å². The summed E-state index contributed by atoms with van der Waals surface area (Å²) >= 11 is 0. The lowest BCUT2D eigenvalue weighted by atomic mass is 9.46. The summed E-state index contributed by atoms with van der Waals surface area (Å²) in [5.74, 6) is 1.72. The molecule has 20 heavy (non-hydrogen) atoms. The summed E-state index contributed by atoms with van der Waals surface area (Å²) in [7, 11) is 0. The SMILES string of the molecule is CC(C)(C)C(C1CCCC1)C(C)(C)C(C)(C)C(C)(C)C. The minimum Gasteiger partial charge on any atom is -0.0599 e. The average molecular weight is 281 g/mol. The molecule has 0 aromatic rings. The van der Waals surface area contributed by atoms with Gasteiger partial charge in [-0.15, -0.1) is 0 Å². The van der Waals surface area contributed by atoms with E-state index in [2.05, 4.69) is 69.2 Å². The van der Waals surface area contributed by atoms with Crippen molar-refractivity contribution in [1.82, 2.24) is 0 Å². The van der Waals surface area contributed by atoms with Gasteiger partial charge in [-0.1, -0.05) is 94.9 Å². The predicted octanol–water partition coefficient (Wildman–Crippen LogP) is 6.94. The van der Waals surface area contributed by atoms with Gasteiger partial charge >= 0.3 is 0 Å². The summed E-state index contributed by atoms with van der Waals surface area (Å²) in [6.45, 7) is 24.8. The Labute approximate surface area is 129 Å². The van der Waals surface area contributed by atoms with Crippen molar-refractivity contribution in [2.75, 3.05) is 0 Å². The quantitative estimate of drug-likeness (QED) is 0.525. The van der Waals surface area contributed by atoms with Crippen molar-refractivity contribution in [1.29, 1.82) is 0 Å². The first-order valence-corrected chi connectivity index (χ1v) is 8.73. The highest BCUT2D eigenvalue weighted by molar-refractivity contribution is 5.02. The van der Waals surface area contributed by atoms with Crippen LogP contribution in [-0.4, -0.2) is 0 Å². The Morgan fingerprint density at radius 2 is 1.10 bits per heavy atom. The van der Waals surface area contributed by atoms with Crippen LogP contribution < -0.4 is 0 Å². The summed E-state index contributed by atoms with van der Waals surface area (Å²) < 4.78 is 0. The molecule has 0 spiro atoms. The molecule has 0 heterocycles. The minimum absolute atomic E-state index is 0.320. The minimum atomic E-state index is 0.320. The fourth-order valence-corrected chi connectivity index (χ4v) is 5.02. The van der Waals surface area contributed by atoms with Gasteiger partial charge in [0.1, 0.15) is 0 Å². The molecule has 0 N–H and O–H groups in total. The third kappa shape index (κ3) is 3.09. The molecule has 1 aliphatic rings. The van der Waals surface area contributed by atoms with E-state index in [-0.39, 0.29) is 0 Å². The summed E-state index contributed by atoms with van der Waals surface area (Å²) in [6.07, 6.45) is 5.80. The first-order chi connectivity index (χ1) is 8.73. The fraction of sp³-hybridized carbons (Fsp3) is 1.00. The van der Waals surface area contributed by atoms with Gasteiger partial charge in [0.05, 0.1) is 0 Å². The molecule has 0 heteroatoms. The molecule has 0 bridgehead atoms. The molecule has 0 nitrogen and oxygen atoms in total. The van der Waals surface area contributed by atoms with Crippen LogP contribution in [0.5, 0.6) is 0 Å². The van der Waals surface area contributed by atoms with E-state index < -0.39 is 0 Å². The maximum atomic E-state index is 2.55. The molecule has 0 radical (unpaired) electrons. The van der Waals surface area contributed by atoms with Gasteiger partial charge in [0.15, 0.2) is 0 Å². The van der Waals surface area contributed by atoms with Gasteiger partial charge in [-0.25, -0.2) is 0 Å². The Hall–Kier alpha value is 0. The van der Waals surface area contributed by atoms with E-state index >= 15 is 0 Å². The maximum Gasteiger partial charge on any atom is -0.0251 e. The summed E-state index contributed by atoms with van der Waals surface area (Å²) in [5, 5.41) is 0. The lowest BCUT2D eigenvalue weighted by molar-refractivity contribution is -0.103. The van der Waals surface area contributed by atoms with Crippen molar-refractivity contribution < 1.29 is 0 Å². The highest BCUT2D eigenvalue weighted by Crippen LogP contribution is 2.61.